The molecule has 0 heterocycles. The zero-order valence-corrected chi connectivity index (χ0v) is 4.80. The Morgan fingerprint density at radius 3 is 1.57 bits per heavy atom. The van der Waals surface area contributed by atoms with Crippen molar-refractivity contribution in [3.8, 4) is 0 Å². The van der Waals surface area contributed by atoms with Crippen LogP contribution in [0.25, 0.3) is 0 Å². The molecule has 0 bridgehead atoms. The average molecular weight is 127 g/mol. The molecule has 0 radical (unpaired) electrons. The standard InChI is InChI=1S/C2H6O.HO3P/c1-2-3;1-4(2)3/h3H,2H2,1H3;(H-,1,2,3)/p+1. The maximum absolute atomic E-state index is 8.70. The summed E-state index contributed by atoms with van der Waals surface area (Å²) in [7, 11) is -2.87. The summed E-state index contributed by atoms with van der Waals surface area (Å²) < 4.78 is 8.70. The molecular formula is C2H8O4P+. The molecule has 5 heteroatoms. The first-order chi connectivity index (χ1) is 3.15. The van der Waals surface area contributed by atoms with Crippen molar-refractivity contribution in [2.45, 2.75) is 6.92 Å². The van der Waals surface area contributed by atoms with Crippen molar-refractivity contribution in [1.82, 2.24) is 0 Å². The summed E-state index contributed by atoms with van der Waals surface area (Å²) in [5.41, 5.74) is 0. The molecule has 3 N–H and O–H groups in total. The third-order valence-electron chi connectivity index (χ3n) is 0. The van der Waals surface area contributed by atoms with E-state index >= 15 is 0 Å². The minimum Gasteiger partial charge on any atom is -0.397 e. The van der Waals surface area contributed by atoms with Crippen LogP contribution in [0.5, 0.6) is 0 Å². The second-order valence-corrected chi connectivity index (χ2v) is 1.07. The largest absolute Gasteiger partial charge is 0.692 e. The summed E-state index contributed by atoms with van der Waals surface area (Å²) in [4.78, 5) is 14.2. The molecule has 0 fully saturated rings. The minimum absolute atomic E-state index is 0.250. The lowest BCUT2D eigenvalue weighted by molar-refractivity contribution is 0.318. The van der Waals surface area contributed by atoms with E-state index < -0.39 is 8.25 Å². The molecule has 44 valence electrons. The molecule has 4 nitrogen and oxygen atoms in total. The lowest BCUT2D eigenvalue weighted by atomic mass is 10.9. The molecule has 0 aliphatic rings. The van der Waals surface area contributed by atoms with Crippen molar-refractivity contribution in [2.75, 3.05) is 6.61 Å². The van der Waals surface area contributed by atoms with E-state index in [1.165, 1.54) is 0 Å². The van der Waals surface area contributed by atoms with Crippen molar-refractivity contribution in [3.63, 3.8) is 0 Å². The van der Waals surface area contributed by atoms with Crippen molar-refractivity contribution in [2.24, 2.45) is 0 Å². The lowest BCUT2D eigenvalue weighted by Gasteiger charge is -1.52. The van der Waals surface area contributed by atoms with Crippen LogP contribution in [0.1, 0.15) is 6.92 Å². The third-order valence-corrected chi connectivity index (χ3v) is 0. The van der Waals surface area contributed by atoms with Gasteiger partial charge in [0.2, 0.25) is 0 Å². The van der Waals surface area contributed by atoms with Gasteiger partial charge in [-0.15, -0.1) is 9.79 Å². The van der Waals surface area contributed by atoms with Crippen molar-refractivity contribution < 1.29 is 19.5 Å². The van der Waals surface area contributed by atoms with Crippen LogP contribution in [-0.2, 0) is 4.57 Å². The lowest BCUT2D eigenvalue weighted by Crippen LogP contribution is -1.57. The Morgan fingerprint density at radius 1 is 1.57 bits per heavy atom. The molecule has 7 heavy (non-hydrogen) atoms. The summed E-state index contributed by atoms with van der Waals surface area (Å²) in [5.74, 6) is 0. The highest BCUT2D eigenvalue weighted by molar-refractivity contribution is 7.30. The molecule has 0 aliphatic heterocycles. The van der Waals surface area contributed by atoms with E-state index in [0.717, 1.165) is 0 Å². The highest BCUT2D eigenvalue weighted by Crippen LogP contribution is 1.98. The van der Waals surface area contributed by atoms with Gasteiger partial charge in [-0.25, -0.2) is 0 Å². The van der Waals surface area contributed by atoms with E-state index in [4.69, 9.17) is 19.5 Å². The SMILES string of the molecule is CCO.O=[P+](O)O. The van der Waals surface area contributed by atoms with Gasteiger partial charge in [-0.3, -0.25) is 0 Å². The minimum atomic E-state index is -2.87. The molecule has 0 saturated heterocycles. The number of hydrogen-bond acceptors (Lipinski definition) is 2. The maximum Gasteiger partial charge on any atom is 0.692 e. The molecule has 0 aromatic rings. The Hall–Kier alpha value is -0.0200. The average Bonchev–Trinajstić information content (AvgIpc) is 1.33. The maximum atomic E-state index is 8.70. The van der Waals surface area contributed by atoms with E-state index in [0.29, 0.717) is 0 Å². The van der Waals surface area contributed by atoms with Crippen LogP contribution < -0.4 is 0 Å². The van der Waals surface area contributed by atoms with Gasteiger partial charge >= 0.3 is 8.25 Å². The second-order valence-electron chi connectivity index (χ2n) is 0.569. The Balaban J connectivity index is 0. The predicted octanol–water partition coefficient (Wildman–Crippen LogP) is -0.373. The van der Waals surface area contributed by atoms with Crippen molar-refractivity contribution in [3.05, 3.63) is 0 Å². The molecule has 0 aromatic heterocycles. The van der Waals surface area contributed by atoms with E-state index in [1.54, 1.807) is 6.92 Å². The Labute approximate surface area is 42.4 Å². The van der Waals surface area contributed by atoms with Crippen LogP contribution in [0.15, 0.2) is 0 Å². The Morgan fingerprint density at radius 2 is 1.57 bits per heavy atom. The van der Waals surface area contributed by atoms with Crippen LogP contribution in [0, 0.1) is 0 Å². The van der Waals surface area contributed by atoms with Gasteiger partial charge in [0.15, 0.2) is 0 Å². The van der Waals surface area contributed by atoms with Crippen molar-refractivity contribution in [1.29, 1.82) is 0 Å². The zero-order valence-electron chi connectivity index (χ0n) is 3.90. The Kier molecular flexibility index (Phi) is 13.5. The summed E-state index contributed by atoms with van der Waals surface area (Å²) >= 11 is 0. The van der Waals surface area contributed by atoms with Gasteiger partial charge in [0, 0.05) is 11.2 Å². The highest BCUT2D eigenvalue weighted by atomic mass is 31.1. The molecule has 0 aliphatic carbocycles. The van der Waals surface area contributed by atoms with Crippen LogP contribution >= 0.6 is 8.25 Å². The van der Waals surface area contributed by atoms with Gasteiger partial charge in [0.1, 0.15) is 0 Å². The van der Waals surface area contributed by atoms with Gasteiger partial charge in [-0.05, 0) is 6.92 Å². The van der Waals surface area contributed by atoms with Gasteiger partial charge < -0.3 is 5.11 Å². The molecule has 0 spiro atoms. The normalized spacial score (nSPS) is 6.29. The highest BCUT2D eigenvalue weighted by Gasteiger charge is 1.93. The van der Waals surface area contributed by atoms with E-state index in [9.17, 15) is 0 Å². The third kappa shape index (κ3) is 237000. The van der Waals surface area contributed by atoms with Crippen molar-refractivity contribution >= 4 is 8.25 Å². The van der Waals surface area contributed by atoms with E-state index in [2.05, 4.69) is 0 Å². The van der Waals surface area contributed by atoms with Gasteiger partial charge in [-0.1, -0.05) is 0 Å². The second kappa shape index (κ2) is 9.36. The van der Waals surface area contributed by atoms with E-state index in [1.807, 2.05) is 0 Å². The summed E-state index contributed by atoms with van der Waals surface area (Å²) in [6, 6.07) is 0. The molecule has 0 unspecified atom stereocenters. The van der Waals surface area contributed by atoms with Gasteiger partial charge in [-0.2, -0.15) is 0 Å². The topological polar surface area (TPSA) is 77.8 Å². The van der Waals surface area contributed by atoms with Gasteiger partial charge in [0.25, 0.3) is 0 Å². The molecule has 0 saturated carbocycles. The van der Waals surface area contributed by atoms with Crippen LogP contribution in [0.2, 0.25) is 0 Å². The number of rotatable bonds is 0. The fraction of sp³-hybridized carbons (Fsp3) is 1.00. The summed E-state index contributed by atoms with van der Waals surface area (Å²) in [6.45, 7) is 1.93. The molecule has 0 atom stereocenters. The van der Waals surface area contributed by atoms with Crippen LogP contribution in [0.3, 0.4) is 0 Å². The van der Waals surface area contributed by atoms with Crippen LogP contribution in [-0.4, -0.2) is 21.5 Å². The number of aliphatic hydroxyl groups is 1. The predicted molar refractivity (Wildman–Crippen MR) is 24.8 cm³/mol. The van der Waals surface area contributed by atoms with Gasteiger partial charge in [0.05, 0.1) is 0 Å². The molecule has 0 amide bonds. The fourth-order valence-electron chi connectivity index (χ4n) is 0. The van der Waals surface area contributed by atoms with Crippen LogP contribution in [0.4, 0.5) is 0 Å². The Bertz CT molecular complexity index is 41.0. The molecular weight excluding hydrogens is 119 g/mol. The first-order valence-electron chi connectivity index (χ1n) is 1.61. The fourth-order valence-corrected chi connectivity index (χ4v) is 0. The number of aliphatic hydroxyl groups excluding tert-OH is 1. The first-order valence-corrected chi connectivity index (χ1v) is 2.77. The van der Waals surface area contributed by atoms with E-state index in [-0.39, 0.29) is 6.61 Å². The number of hydrogen-bond donors (Lipinski definition) is 3. The summed E-state index contributed by atoms with van der Waals surface area (Å²) in [5, 5.41) is 7.57. The zero-order chi connectivity index (χ0) is 6.28. The molecule has 0 aromatic carbocycles. The quantitative estimate of drug-likeness (QED) is 0.388. The monoisotopic (exact) mass is 127 g/mol. The summed E-state index contributed by atoms with van der Waals surface area (Å²) in [6.07, 6.45) is 0. The first kappa shape index (κ1) is 10.1. The smallest absolute Gasteiger partial charge is 0.397 e. The molecule has 0 rings (SSSR count).